The van der Waals surface area contributed by atoms with Crippen LogP contribution < -0.4 is 10.1 Å². The molecule has 34 heavy (non-hydrogen) atoms. The van der Waals surface area contributed by atoms with Crippen LogP contribution in [0.4, 0.5) is 11.4 Å². The molecular weight excluding hydrogens is 444 g/mol. The van der Waals surface area contributed by atoms with Crippen molar-refractivity contribution in [2.45, 2.75) is 31.9 Å². The molecule has 0 saturated carbocycles. The van der Waals surface area contributed by atoms with Gasteiger partial charge in [0.15, 0.2) is 0 Å². The van der Waals surface area contributed by atoms with Crippen LogP contribution in [-0.2, 0) is 23.8 Å². The maximum Gasteiger partial charge on any atom is 0.373 e. The maximum absolute atomic E-state index is 13.2. The Morgan fingerprint density at radius 3 is 2.29 bits per heavy atom. The number of methoxy groups -OCH3 is 1. The SMILES string of the molecule is CCOC(=O)C1=CC(c2ccc([N+](=O)[O-])cc2)CC(Nc2ccc(OC)cc2)(C(=O)OCC)O1. The third-order valence-corrected chi connectivity index (χ3v) is 5.19. The summed E-state index contributed by atoms with van der Waals surface area (Å²) < 4.78 is 21.5. The predicted molar refractivity (Wildman–Crippen MR) is 122 cm³/mol. The standard InChI is InChI=1S/C24H26N2O8/c1-4-32-22(27)21-14-17(16-6-10-19(11-7-16)26(29)30)15-24(34-21,23(28)33-5-2)25-18-8-12-20(31-3)13-9-18/h6-14,17,25H,4-5,15H2,1-3H3. The number of nitro groups is 1. The summed E-state index contributed by atoms with van der Waals surface area (Å²) >= 11 is 0. The number of allylic oxidation sites excluding steroid dienone is 1. The molecule has 2 aromatic rings. The number of anilines is 1. The van der Waals surface area contributed by atoms with Crippen LogP contribution in [0.15, 0.2) is 60.4 Å². The molecule has 10 nitrogen and oxygen atoms in total. The van der Waals surface area contributed by atoms with Crippen molar-refractivity contribution < 1.29 is 33.5 Å². The Labute approximate surface area is 196 Å². The van der Waals surface area contributed by atoms with E-state index in [4.69, 9.17) is 18.9 Å². The third-order valence-electron chi connectivity index (χ3n) is 5.19. The molecule has 2 unspecified atom stereocenters. The fourth-order valence-corrected chi connectivity index (χ4v) is 3.59. The van der Waals surface area contributed by atoms with Crippen LogP contribution in [0.3, 0.4) is 0 Å². The quantitative estimate of drug-likeness (QED) is 0.329. The zero-order valence-corrected chi connectivity index (χ0v) is 19.1. The van der Waals surface area contributed by atoms with Crippen LogP contribution in [-0.4, -0.2) is 42.9 Å². The Balaban J connectivity index is 2.05. The maximum atomic E-state index is 13.2. The van der Waals surface area contributed by atoms with Crippen molar-refractivity contribution in [2.75, 3.05) is 25.6 Å². The van der Waals surface area contributed by atoms with Crippen molar-refractivity contribution in [3.8, 4) is 5.75 Å². The number of hydrogen-bond acceptors (Lipinski definition) is 9. The summed E-state index contributed by atoms with van der Waals surface area (Å²) in [6, 6.07) is 12.7. The molecular formula is C24H26N2O8. The van der Waals surface area contributed by atoms with Gasteiger partial charge in [-0.05, 0) is 49.8 Å². The molecule has 10 heteroatoms. The molecule has 0 radical (unpaired) electrons. The average Bonchev–Trinajstić information content (AvgIpc) is 2.84. The Morgan fingerprint density at radius 1 is 1.09 bits per heavy atom. The number of carbonyl (C=O) groups is 2. The number of nitro benzene ring substituents is 1. The van der Waals surface area contributed by atoms with Gasteiger partial charge in [0.2, 0.25) is 5.76 Å². The molecule has 0 fully saturated rings. The van der Waals surface area contributed by atoms with Crippen molar-refractivity contribution in [3.05, 3.63) is 76.0 Å². The summed E-state index contributed by atoms with van der Waals surface area (Å²) in [7, 11) is 1.54. The van der Waals surface area contributed by atoms with Crippen molar-refractivity contribution >= 4 is 23.3 Å². The molecule has 1 aliphatic rings. The second-order valence-electron chi connectivity index (χ2n) is 7.41. The molecule has 1 aliphatic heterocycles. The largest absolute Gasteiger partial charge is 0.497 e. The van der Waals surface area contributed by atoms with Gasteiger partial charge in [-0.25, -0.2) is 9.59 Å². The normalized spacial score (nSPS) is 19.3. The van der Waals surface area contributed by atoms with Crippen LogP contribution >= 0.6 is 0 Å². The number of ether oxygens (including phenoxy) is 4. The number of esters is 2. The molecule has 1 heterocycles. The fourth-order valence-electron chi connectivity index (χ4n) is 3.59. The van der Waals surface area contributed by atoms with E-state index in [-0.39, 0.29) is 31.1 Å². The monoisotopic (exact) mass is 470 g/mol. The van der Waals surface area contributed by atoms with E-state index in [0.29, 0.717) is 17.0 Å². The first-order valence-corrected chi connectivity index (χ1v) is 10.7. The lowest BCUT2D eigenvalue weighted by atomic mass is 9.87. The molecule has 0 spiro atoms. The van der Waals surface area contributed by atoms with Gasteiger partial charge in [0.25, 0.3) is 11.4 Å². The van der Waals surface area contributed by atoms with Gasteiger partial charge >= 0.3 is 11.9 Å². The number of non-ortho nitro benzene ring substituents is 1. The van der Waals surface area contributed by atoms with Crippen LogP contribution in [0.2, 0.25) is 0 Å². The highest BCUT2D eigenvalue weighted by atomic mass is 16.6. The first-order valence-electron chi connectivity index (χ1n) is 10.7. The lowest BCUT2D eigenvalue weighted by Crippen LogP contribution is -2.53. The zero-order valence-electron chi connectivity index (χ0n) is 19.1. The number of nitrogens with one attached hydrogen (secondary N) is 1. The highest BCUT2D eigenvalue weighted by molar-refractivity contribution is 5.90. The minimum Gasteiger partial charge on any atom is -0.497 e. The number of nitrogens with zero attached hydrogens (tertiary/aromatic N) is 1. The van der Waals surface area contributed by atoms with E-state index < -0.39 is 28.5 Å². The van der Waals surface area contributed by atoms with E-state index in [1.54, 1.807) is 56.3 Å². The summed E-state index contributed by atoms with van der Waals surface area (Å²) in [4.78, 5) is 36.4. The lowest BCUT2D eigenvalue weighted by Gasteiger charge is -2.39. The molecule has 0 bridgehead atoms. The number of hydrogen-bond donors (Lipinski definition) is 1. The predicted octanol–water partition coefficient (Wildman–Crippen LogP) is 3.93. The van der Waals surface area contributed by atoms with Crippen LogP contribution in [0.5, 0.6) is 5.75 Å². The minimum atomic E-state index is -1.76. The summed E-state index contributed by atoms with van der Waals surface area (Å²) in [5.41, 5.74) is -0.644. The van der Waals surface area contributed by atoms with Gasteiger partial charge in [-0.1, -0.05) is 12.1 Å². The summed E-state index contributed by atoms with van der Waals surface area (Å²) in [5, 5.41) is 14.1. The van der Waals surface area contributed by atoms with E-state index in [1.807, 2.05) is 0 Å². The van der Waals surface area contributed by atoms with Gasteiger partial charge in [0.1, 0.15) is 5.75 Å². The van der Waals surface area contributed by atoms with Gasteiger partial charge < -0.3 is 24.3 Å². The molecule has 0 aromatic heterocycles. The Morgan fingerprint density at radius 2 is 1.74 bits per heavy atom. The van der Waals surface area contributed by atoms with Gasteiger partial charge in [0.05, 0.1) is 25.2 Å². The van der Waals surface area contributed by atoms with Crippen molar-refractivity contribution in [1.29, 1.82) is 0 Å². The van der Waals surface area contributed by atoms with Crippen molar-refractivity contribution in [2.24, 2.45) is 0 Å². The molecule has 0 amide bonds. The van der Waals surface area contributed by atoms with Gasteiger partial charge in [-0.2, -0.15) is 0 Å². The second-order valence-corrected chi connectivity index (χ2v) is 7.41. The molecule has 3 rings (SSSR count). The van der Waals surface area contributed by atoms with E-state index >= 15 is 0 Å². The van der Waals surface area contributed by atoms with Gasteiger partial charge in [-0.15, -0.1) is 0 Å². The van der Waals surface area contributed by atoms with E-state index in [1.165, 1.54) is 19.2 Å². The highest BCUT2D eigenvalue weighted by Gasteiger charge is 2.49. The van der Waals surface area contributed by atoms with Crippen LogP contribution in [0.1, 0.15) is 31.7 Å². The third kappa shape index (κ3) is 5.45. The molecule has 0 aliphatic carbocycles. The minimum absolute atomic E-state index is 0.0541. The van der Waals surface area contributed by atoms with E-state index in [0.717, 1.165) is 0 Å². The number of benzene rings is 2. The first-order chi connectivity index (χ1) is 16.3. The average molecular weight is 470 g/mol. The van der Waals surface area contributed by atoms with E-state index in [2.05, 4.69) is 5.32 Å². The summed E-state index contributed by atoms with van der Waals surface area (Å²) in [6.07, 6.45) is 1.60. The first kappa shape index (κ1) is 24.6. The topological polar surface area (TPSA) is 126 Å². The highest BCUT2D eigenvalue weighted by Crippen LogP contribution is 2.39. The van der Waals surface area contributed by atoms with E-state index in [9.17, 15) is 19.7 Å². The number of carbonyl (C=O) groups excluding carboxylic acids is 2. The molecule has 1 N–H and O–H groups in total. The smallest absolute Gasteiger partial charge is 0.373 e. The molecule has 2 atom stereocenters. The summed E-state index contributed by atoms with van der Waals surface area (Å²) in [5.74, 6) is -1.50. The Hall–Kier alpha value is -4.08. The second kappa shape index (κ2) is 10.7. The van der Waals surface area contributed by atoms with Crippen molar-refractivity contribution in [1.82, 2.24) is 0 Å². The molecule has 180 valence electrons. The molecule has 0 saturated heterocycles. The molecule has 2 aromatic carbocycles. The van der Waals surface area contributed by atoms with Gasteiger partial charge in [-0.3, -0.25) is 10.1 Å². The Bertz CT molecular complexity index is 1070. The van der Waals surface area contributed by atoms with Crippen LogP contribution in [0, 0.1) is 10.1 Å². The van der Waals surface area contributed by atoms with Crippen molar-refractivity contribution in [3.63, 3.8) is 0 Å². The van der Waals surface area contributed by atoms with Gasteiger partial charge in [0, 0.05) is 30.2 Å². The fraction of sp³-hybridized carbons (Fsp3) is 0.333. The lowest BCUT2D eigenvalue weighted by molar-refractivity contribution is -0.384. The number of rotatable bonds is 9. The Kier molecular flexibility index (Phi) is 7.72. The summed E-state index contributed by atoms with van der Waals surface area (Å²) in [6.45, 7) is 3.52. The van der Waals surface area contributed by atoms with Crippen LogP contribution in [0.25, 0.3) is 0 Å². The zero-order chi connectivity index (χ0) is 24.7.